The van der Waals surface area contributed by atoms with Gasteiger partial charge in [0.1, 0.15) is 5.69 Å². The van der Waals surface area contributed by atoms with Crippen molar-refractivity contribution in [1.29, 1.82) is 0 Å². The Bertz CT molecular complexity index is 894. The predicted octanol–water partition coefficient (Wildman–Crippen LogP) is 3.92. The molecule has 2 aromatic carbocycles. The molecule has 0 radical (unpaired) electrons. The number of anilines is 1. The first-order valence-corrected chi connectivity index (χ1v) is 9.05. The van der Waals surface area contributed by atoms with Crippen molar-refractivity contribution < 1.29 is 9.90 Å². The first-order valence-electron chi connectivity index (χ1n) is 7.59. The Morgan fingerprint density at radius 3 is 2.68 bits per heavy atom. The number of aliphatic hydroxyl groups is 1. The summed E-state index contributed by atoms with van der Waals surface area (Å²) < 4.78 is 2.62. The Morgan fingerprint density at radius 2 is 2.00 bits per heavy atom. The minimum atomic E-state index is -0.290. The average molecular weight is 468 g/mol. The number of hydrogen-bond acceptors (Lipinski definition) is 3. The molecular weight excluding hydrogens is 453 g/mol. The quantitative estimate of drug-likeness (QED) is 0.559. The van der Waals surface area contributed by atoms with Crippen LogP contribution in [0.1, 0.15) is 16.1 Å². The SMILES string of the molecule is O=C(Nc1ccc(I)cc1)c1c(CCO)cnn1-c1cccc(Cl)c1. The van der Waals surface area contributed by atoms with Gasteiger partial charge >= 0.3 is 0 Å². The molecule has 3 rings (SSSR count). The summed E-state index contributed by atoms with van der Waals surface area (Å²) in [5.41, 5.74) is 2.43. The fourth-order valence-electron chi connectivity index (χ4n) is 2.45. The second-order valence-corrected chi connectivity index (χ2v) is 7.03. The summed E-state index contributed by atoms with van der Waals surface area (Å²) in [6, 6.07) is 14.6. The number of aromatic nitrogens is 2. The maximum absolute atomic E-state index is 12.8. The maximum Gasteiger partial charge on any atom is 0.274 e. The molecule has 0 atom stereocenters. The first kappa shape index (κ1) is 17.9. The largest absolute Gasteiger partial charge is 0.396 e. The molecule has 5 nitrogen and oxygen atoms in total. The normalized spacial score (nSPS) is 10.7. The van der Waals surface area contributed by atoms with Crippen LogP contribution in [0, 0.1) is 3.57 Å². The van der Waals surface area contributed by atoms with Gasteiger partial charge in [-0.3, -0.25) is 4.79 Å². The monoisotopic (exact) mass is 467 g/mol. The molecule has 0 saturated carbocycles. The van der Waals surface area contributed by atoms with E-state index < -0.39 is 0 Å². The summed E-state index contributed by atoms with van der Waals surface area (Å²) >= 11 is 8.26. The Hall–Kier alpha value is -1.90. The molecule has 0 bridgehead atoms. The maximum atomic E-state index is 12.8. The zero-order valence-electron chi connectivity index (χ0n) is 13.1. The lowest BCUT2D eigenvalue weighted by molar-refractivity contribution is 0.101. The number of halogens is 2. The van der Waals surface area contributed by atoms with Gasteiger partial charge in [0.15, 0.2) is 0 Å². The second kappa shape index (κ2) is 7.99. The highest BCUT2D eigenvalue weighted by Crippen LogP contribution is 2.20. The number of nitrogens with one attached hydrogen (secondary N) is 1. The van der Waals surface area contributed by atoms with Gasteiger partial charge < -0.3 is 10.4 Å². The number of aliphatic hydroxyl groups excluding tert-OH is 1. The van der Waals surface area contributed by atoms with Crippen LogP contribution in [0.5, 0.6) is 0 Å². The predicted molar refractivity (Wildman–Crippen MR) is 106 cm³/mol. The van der Waals surface area contributed by atoms with Crippen molar-refractivity contribution in [2.75, 3.05) is 11.9 Å². The Kier molecular flexibility index (Phi) is 5.72. The average Bonchev–Trinajstić information content (AvgIpc) is 3.01. The summed E-state index contributed by atoms with van der Waals surface area (Å²) in [5, 5.41) is 17.0. The van der Waals surface area contributed by atoms with Crippen LogP contribution in [-0.4, -0.2) is 27.4 Å². The van der Waals surface area contributed by atoms with Gasteiger partial charge in [0.2, 0.25) is 0 Å². The third kappa shape index (κ3) is 4.20. The van der Waals surface area contributed by atoms with E-state index in [1.807, 2.05) is 30.3 Å². The number of nitrogens with zero attached hydrogens (tertiary/aromatic N) is 2. The van der Waals surface area contributed by atoms with Gasteiger partial charge in [-0.1, -0.05) is 17.7 Å². The molecule has 25 heavy (non-hydrogen) atoms. The van der Waals surface area contributed by atoms with Crippen LogP contribution in [0.25, 0.3) is 5.69 Å². The molecule has 128 valence electrons. The molecule has 1 heterocycles. The van der Waals surface area contributed by atoms with Gasteiger partial charge in [-0.25, -0.2) is 4.68 Å². The zero-order chi connectivity index (χ0) is 17.8. The number of carbonyl (C=O) groups is 1. The molecule has 3 aromatic rings. The Morgan fingerprint density at radius 1 is 1.24 bits per heavy atom. The lowest BCUT2D eigenvalue weighted by Gasteiger charge is -2.11. The molecule has 0 aliphatic rings. The Balaban J connectivity index is 1.99. The fourth-order valence-corrected chi connectivity index (χ4v) is 3.00. The molecule has 0 spiro atoms. The Labute approximate surface area is 163 Å². The van der Waals surface area contributed by atoms with E-state index in [1.54, 1.807) is 29.1 Å². The minimum absolute atomic E-state index is 0.0644. The number of hydrogen-bond donors (Lipinski definition) is 2. The van der Waals surface area contributed by atoms with E-state index in [0.717, 1.165) is 3.57 Å². The van der Waals surface area contributed by atoms with Crippen molar-refractivity contribution in [3.63, 3.8) is 0 Å². The van der Waals surface area contributed by atoms with Gasteiger partial charge in [0, 0.05) is 26.5 Å². The van der Waals surface area contributed by atoms with Crippen molar-refractivity contribution in [3.8, 4) is 5.69 Å². The minimum Gasteiger partial charge on any atom is -0.396 e. The highest BCUT2D eigenvalue weighted by atomic mass is 127. The summed E-state index contributed by atoms with van der Waals surface area (Å²) in [6.07, 6.45) is 1.94. The van der Waals surface area contributed by atoms with Crippen molar-refractivity contribution in [2.24, 2.45) is 0 Å². The summed E-state index contributed by atoms with van der Waals surface area (Å²) in [4.78, 5) is 12.8. The van der Waals surface area contributed by atoms with E-state index in [0.29, 0.717) is 34.1 Å². The van der Waals surface area contributed by atoms with E-state index in [9.17, 15) is 9.90 Å². The molecule has 0 saturated heterocycles. The summed E-state index contributed by atoms with van der Waals surface area (Å²) in [6.45, 7) is -0.0644. The van der Waals surface area contributed by atoms with Gasteiger partial charge in [-0.05, 0) is 71.5 Å². The third-order valence-electron chi connectivity index (χ3n) is 3.60. The topological polar surface area (TPSA) is 67.2 Å². The smallest absolute Gasteiger partial charge is 0.274 e. The van der Waals surface area contributed by atoms with E-state index in [1.165, 1.54) is 0 Å². The molecule has 0 unspecified atom stereocenters. The van der Waals surface area contributed by atoms with E-state index in [-0.39, 0.29) is 12.5 Å². The highest BCUT2D eigenvalue weighted by molar-refractivity contribution is 14.1. The molecule has 1 amide bonds. The molecule has 1 aromatic heterocycles. The number of amides is 1. The molecule has 7 heteroatoms. The first-order chi connectivity index (χ1) is 12.1. The molecular formula is C18H15ClIN3O2. The van der Waals surface area contributed by atoms with Gasteiger partial charge in [-0.2, -0.15) is 5.10 Å². The van der Waals surface area contributed by atoms with Crippen molar-refractivity contribution in [3.05, 3.63) is 74.6 Å². The third-order valence-corrected chi connectivity index (χ3v) is 4.55. The van der Waals surface area contributed by atoms with Crippen LogP contribution in [-0.2, 0) is 6.42 Å². The number of benzene rings is 2. The summed E-state index contributed by atoms with van der Waals surface area (Å²) in [7, 11) is 0. The van der Waals surface area contributed by atoms with Crippen molar-refractivity contribution in [1.82, 2.24) is 9.78 Å². The lowest BCUT2D eigenvalue weighted by atomic mass is 10.1. The fraction of sp³-hybridized carbons (Fsp3) is 0.111. The van der Waals surface area contributed by atoms with Crippen LogP contribution in [0.2, 0.25) is 5.02 Å². The highest BCUT2D eigenvalue weighted by Gasteiger charge is 2.19. The van der Waals surface area contributed by atoms with E-state index >= 15 is 0 Å². The molecule has 0 aliphatic carbocycles. The molecule has 2 N–H and O–H groups in total. The number of rotatable bonds is 5. The zero-order valence-corrected chi connectivity index (χ0v) is 16.0. The van der Waals surface area contributed by atoms with Crippen LogP contribution >= 0.6 is 34.2 Å². The molecule has 0 aliphatic heterocycles. The van der Waals surface area contributed by atoms with Crippen LogP contribution in [0.15, 0.2) is 54.7 Å². The van der Waals surface area contributed by atoms with Gasteiger partial charge in [-0.15, -0.1) is 0 Å². The van der Waals surface area contributed by atoms with E-state index in [2.05, 4.69) is 33.0 Å². The van der Waals surface area contributed by atoms with Crippen LogP contribution in [0.3, 0.4) is 0 Å². The van der Waals surface area contributed by atoms with Crippen molar-refractivity contribution in [2.45, 2.75) is 6.42 Å². The van der Waals surface area contributed by atoms with Gasteiger partial charge in [0.05, 0.1) is 11.9 Å². The lowest BCUT2D eigenvalue weighted by Crippen LogP contribution is -2.19. The van der Waals surface area contributed by atoms with E-state index in [4.69, 9.17) is 11.6 Å². The van der Waals surface area contributed by atoms with Crippen LogP contribution < -0.4 is 5.32 Å². The van der Waals surface area contributed by atoms with Crippen molar-refractivity contribution >= 4 is 45.8 Å². The number of carbonyl (C=O) groups excluding carboxylic acids is 1. The second-order valence-electron chi connectivity index (χ2n) is 5.34. The molecule has 0 fully saturated rings. The standard InChI is InChI=1S/C18H15ClIN3O2/c19-13-2-1-3-16(10-13)23-17(12(8-9-24)11-21-23)18(25)22-15-6-4-14(20)5-7-15/h1-7,10-11,24H,8-9H2,(H,22,25). The summed E-state index contributed by atoms with van der Waals surface area (Å²) in [5.74, 6) is -0.290. The van der Waals surface area contributed by atoms with Gasteiger partial charge in [0.25, 0.3) is 5.91 Å². The van der Waals surface area contributed by atoms with Crippen LogP contribution in [0.4, 0.5) is 5.69 Å².